The molecule has 23 heavy (non-hydrogen) atoms. The van der Waals surface area contributed by atoms with Gasteiger partial charge in [0, 0.05) is 13.7 Å². The van der Waals surface area contributed by atoms with Gasteiger partial charge in [0.25, 0.3) is 7.82 Å². The molecule has 0 aromatic heterocycles. The Hall–Kier alpha value is 0.367. The van der Waals surface area contributed by atoms with E-state index in [1.54, 1.807) is 6.08 Å². The first-order chi connectivity index (χ1) is 10.6. The van der Waals surface area contributed by atoms with Crippen LogP contribution in [0.25, 0.3) is 0 Å². The number of ether oxygens (including phenoxy) is 2. The summed E-state index contributed by atoms with van der Waals surface area (Å²) in [6.45, 7) is 6.89. The zero-order valence-corrected chi connectivity index (χ0v) is 15.7. The summed E-state index contributed by atoms with van der Waals surface area (Å²) in [7, 11) is -3.23. The van der Waals surface area contributed by atoms with Gasteiger partial charge < -0.3 is 23.4 Å². The first-order valence-electron chi connectivity index (χ1n) is 7.87. The first-order valence-corrected chi connectivity index (χ1v) is 9.33. The van der Waals surface area contributed by atoms with Crippen molar-refractivity contribution in [3.05, 3.63) is 12.7 Å². The summed E-state index contributed by atoms with van der Waals surface area (Å²) in [5.74, 6) is 0. The summed E-state index contributed by atoms with van der Waals surface area (Å²) >= 11 is 0. The van der Waals surface area contributed by atoms with Crippen molar-refractivity contribution in [2.45, 2.75) is 51.6 Å². The third-order valence-corrected chi connectivity index (χ3v) is 3.99. The molecule has 2 atom stereocenters. The minimum atomic E-state index is -4.29. The second-order valence-corrected chi connectivity index (χ2v) is 6.50. The monoisotopic (exact) mass is 344 g/mol. The molecule has 6 nitrogen and oxygen atoms in total. The zero-order valence-electron chi connectivity index (χ0n) is 14.8. The summed E-state index contributed by atoms with van der Waals surface area (Å²) in [6.07, 6.45) is 7.93. The Morgan fingerprint density at radius 3 is 2.35 bits per heavy atom. The fraction of sp³-hybridized carbons (Fsp3) is 0.867. The Morgan fingerprint density at radius 2 is 1.74 bits per heavy atom. The largest absolute Gasteiger partial charge is 1.00 e. The van der Waals surface area contributed by atoms with Gasteiger partial charge in [-0.2, -0.15) is 0 Å². The van der Waals surface area contributed by atoms with Crippen molar-refractivity contribution >= 4 is 7.82 Å². The molecule has 0 aliphatic rings. The zero-order chi connectivity index (χ0) is 16.7. The van der Waals surface area contributed by atoms with Crippen LogP contribution in [0.3, 0.4) is 0 Å². The molecule has 2 unspecified atom stereocenters. The Bertz CT molecular complexity index is 316. The topological polar surface area (TPSA) is 77.1 Å². The van der Waals surface area contributed by atoms with Crippen molar-refractivity contribution in [1.82, 2.24) is 0 Å². The minimum Gasteiger partial charge on any atom is -0.756 e. The van der Waals surface area contributed by atoms with Gasteiger partial charge in [-0.25, -0.2) is 0 Å². The summed E-state index contributed by atoms with van der Waals surface area (Å²) in [4.78, 5) is 11.3. The molecule has 0 saturated carbocycles. The van der Waals surface area contributed by atoms with Crippen LogP contribution < -0.4 is 23.8 Å². The predicted molar refractivity (Wildman–Crippen MR) is 84.7 cm³/mol. The third kappa shape index (κ3) is 17.0. The maximum Gasteiger partial charge on any atom is 1.00 e. The van der Waals surface area contributed by atoms with E-state index in [4.69, 9.17) is 14.0 Å². The fourth-order valence-electron chi connectivity index (χ4n) is 1.82. The van der Waals surface area contributed by atoms with Gasteiger partial charge in [-0.3, -0.25) is 4.57 Å². The molecule has 0 rings (SSSR count). The van der Waals surface area contributed by atoms with Crippen molar-refractivity contribution in [2.24, 2.45) is 0 Å². The fourth-order valence-corrected chi connectivity index (χ4v) is 2.39. The second kappa shape index (κ2) is 17.2. The number of rotatable bonds is 16. The molecule has 132 valence electrons. The van der Waals surface area contributed by atoms with Gasteiger partial charge in [0.2, 0.25) is 0 Å². The van der Waals surface area contributed by atoms with Crippen LogP contribution >= 0.6 is 7.82 Å². The van der Waals surface area contributed by atoms with Crippen LogP contribution in [0.4, 0.5) is 0 Å². The molecule has 0 heterocycles. The van der Waals surface area contributed by atoms with Gasteiger partial charge in [0.1, 0.15) is 6.10 Å². The average Bonchev–Trinajstić information content (AvgIpc) is 2.49. The Morgan fingerprint density at radius 1 is 1.13 bits per heavy atom. The van der Waals surface area contributed by atoms with Crippen LogP contribution in [0.1, 0.15) is 45.4 Å². The SMILES string of the molecule is C=CCOCC(COCCCCCCCC)OP(=O)([O-])OC.[Li+]. The van der Waals surface area contributed by atoms with Crippen molar-refractivity contribution in [3.63, 3.8) is 0 Å². The molecule has 0 saturated heterocycles. The number of hydrogen-bond donors (Lipinski definition) is 0. The van der Waals surface area contributed by atoms with Crippen molar-refractivity contribution in [2.75, 3.05) is 33.5 Å². The molecule has 0 amide bonds. The molecule has 0 N–H and O–H groups in total. The summed E-state index contributed by atoms with van der Waals surface area (Å²) in [6, 6.07) is 0. The molecular formula is C15H30LiO6P. The van der Waals surface area contributed by atoms with Crippen LogP contribution in [0, 0.1) is 0 Å². The average molecular weight is 344 g/mol. The van der Waals surface area contributed by atoms with E-state index >= 15 is 0 Å². The number of phosphoric acid groups is 1. The second-order valence-electron chi connectivity index (χ2n) is 5.03. The van der Waals surface area contributed by atoms with E-state index < -0.39 is 13.9 Å². The van der Waals surface area contributed by atoms with Crippen LogP contribution in [0.5, 0.6) is 0 Å². The predicted octanol–water partition coefficient (Wildman–Crippen LogP) is 0.0701. The van der Waals surface area contributed by atoms with Crippen LogP contribution in [-0.2, 0) is 23.1 Å². The van der Waals surface area contributed by atoms with Crippen LogP contribution in [-0.4, -0.2) is 39.6 Å². The van der Waals surface area contributed by atoms with E-state index in [0.29, 0.717) is 13.2 Å². The smallest absolute Gasteiger partial charge is 0.756 e. The van der Waals surface area contributed by atoms with Crippen LogP contribution in [0.2, 0.25) is 0 Å². The number of phosphoric ester groups is 1. The maximum absolute atomic E-state index is 11.3. The van der Waals surface area contributed by atoms with Crippen LogP contribution in [0.15, 0.2) is 12.7 Å². The first kappa shape index (κ1) is 25.6. The molecule has 0 aliphatic heterocycles. The third-order valence-electron chi connectivity index (χ3n) is 2.99. The molecular weight excluding hydrogens is 314 g/mol. The molecule has 0 spiro atoms. The Labute approximate surface area is 152 Å². The quantitative estimate of drug-likeness (QED) is 0.171. The van der Waals surface area contributed by atoms with E-state index in [9.17, 15) is 9.46 Å². The molecule has 0 aromatic rings. The van der Waals surface area contributed by atoms with Gasteiger partial charge in [-0.1, -0.05) is 45.1 Å². The normalized spacial score (nSPS) is 14.7. The number of hydrogen-bond acceptors (Lipinski definition) is 6. The summed E-state index contributed by atoms with van der Waals surface area (Å²) in [5.41, 5.74) is 0. The van der Waals surface area contributed by atoms with Crippen molar-refractivity contribution in [3.8, 4) is 0 Å². The summed E-state index contributed by atoms with van der Waals surface area (Å²) < 4.78 is 31.2. The van der Waals surface area contributed by atoms with Gasteiger partial charge in [-0.15, -0.1) is 6.58 Å². The molecule has 8 heteroatoms. The van der Waals surface area contributed by atoms with Crippen molar-refractivity contribution < 1.29 is 46.8 Å². The molecule has 0 aromatic carbocycles. The van der Waals surface area contributed by atoms with Crippen molar-refractivity contribution in [1.29, 1.82) is 0 Å². The van der Waals surface area contributed by atoms with Gasteiger partial charge in [0.05, 0.1) is 19.8 Å². The van der Waals surface area contributed by atoms with E-state index in [-0.39, 0.29) is 32.1 Å². The molecule has 0 fully saturated rings. The Balaban J connectivity index is 0. The summed E-state index contributed by atoms with van der Waals surface area (Å²) in [5, 5.41) is 0. The van der Waals surface area contributed by atoms with E-state index in [2.05, 4.69) is 18.0 Å². The molecule has 0 aliphatic carbocycles. The molecule has 0 radical (unpaired) electrons. The van der Waals surface area contributed by atoms with E-state index in [1.165, 1.54) is 25.7 Å². The van der Waals surface area contributed by atoms with Gasteiger partial charge in [-0.05, 0) is 6.42 Å². The Kier molecular flexibility index (Phi) is 19.1. The van der Waals surface area contributed by atoms with Gasteiger partial charge in [0.15, 0.2) is 0 Å². The van der Waals surface area contributed by atoms with Gasteiger partial charge >= 0.3 is 18.9 Å². The standard InChI is InChI=1S/C15H31O6P.Li/c1-4-6-7-8-9-10-12-20-14-15(13-19-11-5-2)21-22(16,17)18-3;/h5,15H,2,4,6-14H2,1,3H3,(H,16,17);/q;+1/p-1. The maximum atomic E-state index is 11.3. The minimum absolute atomic E-state index is 0. The molecule has 0 bridgehead atoms. The van der Waals surface area contributed by atoms with E-state index in [1.807, 2.05) is 0 Å². The van der Waals surface area contributed by atoms with E-state index in [0.717, 1.165) is 20.0 Å². The number of unbranched alkanes of at least 4 members (excludes halogenated alkanes) is 5.